The zero-order valence-electron chi connectivity index (χ0n) is 7.57. The Morgan fingerprint density at radius 3 is 3.00 bits per heavy atom. The van der Waals surface area contributed by atoms with Crippen LogP contribution in [-0.4, -0.2) is 22.1 Å². The first-order valence-electron chi connectivity index (χ1n) is 4.00. The van der Waals surface area contributed by atoms with Crippen molar-refractivity contribution in [3.8, 4) is 0 Å². The fourth-order valence-electron chi connectivity index (χ4n) is 0.870. The van der Waals surface area contributed by atoms with E-state index in [4.69, 9.17) is 5.11 Å². The highest BCUT2D eigenvalue weighted by atomic mass is 32.1. The van der Waals surface area contributed by atoms with Crippen LogP contribution in [0, 0.1) is 0 Å². The van der Waals surface area contributed by atoms with Gasteiger partial charge in [-0.1, -0.05) is 13.8 Å². The van der Waals surface area contributed by atoms with Crippen molar-refractivity contribution in [3.05, 3.63) is 16.1 Å². The van der Waals surface area contributed by atoms with Crippen LogP contribution in [0.25, 0.3) is 0 Å². The second kappa shape index (κ2) is 4.34. The molecule has 0 saturated heterocycles. The number of rotatable bonds is 4. The van der Waals surface area contributed by atoms with Crippen LogP contribution < -0.4 is 5.32 Å². The quantitative estimate of drug-likeness (QED) is 0.770. The number of nitrogens with one attached hydrogen (secondary N) is 1. The van der Waals surface area contributed by atoms with Crippen LogP contribution in [0.3, 0.4) is 0 Å². The number of carboxylic acids is 1. The van der Waals surface area contributed by atoms with Crippen molar-refractivity contribution in [1.29, 1.82) is 0 Å². The summed E-state index contributed by atoms with van der Waals surface area (Å²) in [6.07, 6.45) is 0. The molecule has 0 aliphatic heterocycles. The van der Waals surface area contributed by atoms with E-state index < -0.39 is 5.97 Å². The lowest BCUT2D eigenvalue weighted by atomic mass is 10.3. The summed E-state index contributed by atoms with van der Waals surface area (Å²) in [5.74, 6) is -0.900. The Balaban J connectivity index is 2.65. The van der Waals surface area contributed by atoms with Gasteiger partial charge in [-0.05, 0) is 0 Å². The summed E-state index contributed by atoms with van der Waals surface area (Å²) in [5, 5.41) is 11.9. The molecule has 0 fully saturated rings. The Bertz CT molecular complexity index is 296. The second-order valence-electron chi connectivity index (χ2n) is 2.97. The highest BCUT2D eigenvalue weighted by Gasteiger charge is 2.12. The smallest absolute Gasteiger partial charge is 0.347 e. The summed E-state index contributed by atoms with van der Waals surface area (Å²) in [5.41, 5.74) is 2.17. The van der Waals surface area contributed by atoms with Gasteiger partial charge >= 0.3 is 5.97 Å². The fraction of sp³-hybridized carbons (Fsp3) is 0.500. The zero-order valence-corrected chi connectivity index (χ0v) is 8.39. The zero-order chi connectivity index (χ0) is 9.84. The van der Waals surface area contributed by atoms with E-state index in [9.17, 15) is 4.79 Å². The highest BCUT2D eigenvalue weighted by molar-refractivity contribution is 7.11. The lowest BCUT2D eigenvalue weighted by Gasteiger charge is -2.05. The van der Waals surface area contributed by atoms with E-state index in [0.717, 1.165) is 11.3 Å². The second-order valence-corrected chi connectivity index (χ2v) is 3.82. The van der Waals surface area contributed by atoms with E-state index >= 15 is 0 Å². The Kier molecular flexibility index (Phi) is 3.39. The topological polar surface area (TPSA) is 62.2 Å². The Morgan fingerprint density at radius 2 is 2.46 bits per heavy atom. The molecule has 2 N–H and O–H groups in total. The molecule has 0 amide bonds. The standard InChI is InChI=1S/C8H12N2O2S/c1-5(2)9-3-6-7(8(11)12)13-4-10-6/h4-5,9H,3H2,1-2H3,(H,11,12). The number of carboxylic acid groups (broad SMARTS) is 1. The summed E-state index contributed by atoms with van der Waals surface area (Å²) < 4.78 is 0. The monoisotopic (exact) mass is 200 g/mol. The molecule has 5 heteroatoms. The van der Waals surface area contributed by atoms with Crippen LogP contribution in [0.15, 0.2) is 5.51 Å². The molecule has 0 spiro atoms. The van der Waals surface area contributed by atoms with E-state index in [1.54, 1.807) is 5.51 Å². The minimum absolute atomic E-state index is 0.327. The number of thiazole rings is 1. The van der Waals surface area contributed by atoms with E-state index in [-0.39, 0.29) is 0 Å². The van der Waals surface area contributed by atoms with Gasteiger partial charge in [0.05, 0.1) is 11.2 Å². The summed E-state index contributed by atoms with van der Waals surface area (Å²) in [4.78, 5) is 15.0. The highest BCUT2D eigenvalue weighted by Crippen LogP contribution is 2.12. The third-order valence-electron chi connectivity index (χ3n) is 1.51. The van der Waals surface area contributed by atoms with Gasteiger partial charge in [-0.15, -0.1) is 11.3 Å². The van der Waals surface area contributed by atoms with Gasteiger partial charge in [-0.3, -0.25) is 0 Å². The molecule has 72 valence electrons. The van der Waals surface area contributed by atoms with Gasteiger partial charge in [0.1, 0.15) is 4.88 Å². The normalized spacial score (nSPS) is 10.7. The largest absolute Gasteiger partial charge is 0.477 e. The maximum atomic E-state index is 10.7. The first-order valence-corrected chi connectivity index (χ1v) is 4.88. The van der Waals surface area contributed by atoms with Crippen LogP contribution in [0.4, 0.5) is 0 Å². The summed E-state index contributed by atoms with van der Waals surface area (Å²) in [6.45, 7) is 4.53. The van der Waals surface area contributed by atoms with Crippen molar-refractivity contribution in [2.24, 2.45) is 0 Å². The lowest BCUT2D eigenvalue weighted by Crippen LogP contribution is -2.23. The molecule has 0 unspecified atom stereocenters. The lowest BCUT2D eigenvalue weighted by molar-refractivity contribution is 0.0700. The maximum absolute atomic E-state index is 10.7. The van der Waals surface area contributed by atoms with E-state index in [1.165, 1.54) is 0 Å². The summed E-state index contributed by atoms with van der Waals surface area (Å²) >= 11 is 1.16. The molecular weight excluding hydrogens is 188 g/mol. The molecule has 0 aliphatic carbocycles. The Hall–Kier alpha value is -0.940. The molecule has 4 nitrogen and oxygen atoms in total. The Labute approximate surface area is 80.6 Å². The number of aromatic carboxylic acids is 1. The molecule has 0 aromatic carbocycles. The molecule has 1 aromatic heterocycles. The minimum atomic E-state index is -0.900. The number of carbonyl (C=O) groups is 1. The molecule has 0 radical (unpaired) electrons. The molecule has 0 aliphatic rings. The van der Waals surface area contributed by atoms with Gasteiger partial charge in [-0.25, -0.2) is 9.78 Å². The van der Waals surface area contributed by atoms with E-state index in [0.29, 0.717) is 23.2 Å². The number of nitrogens with zero attached hydrogens (tertiary/aromatic N) is 1. The van der Waals surface area contributed by atoms with Crippen molar-refractivity contribution >= 4 is 17.3 Å². The summed E-state index contributed by atoms with van der Waals surface area (Å²) in [7, 11) is 0. The van der Waals surface area contributed by atoms with Crippen LogP contribution in [0.1, 0.15) is 29.2 Å². The summed E-state index contributed by atoms with van der Waals surface area (Å²) in [6, 6.07) is 0.336. The fourth-order valence-corrected chi connectivity index (χ4v) is 1.52. The first kappa shape index (κ1) is 10.1. The molecule has 0 saturated carbocycles. The Morgan fingerprint density at radius 1 is 1.77 bits per heavy atom. The average molecular weight is 200 g/mol. The van der Waals surface area contributed by atoms with Crippen LogP contribution in [0.5, 0.6) is 0 Å². The van der Waals surface area contributed by atoms with Crippen molar-refractivity contribution in [3.63, 3.8) is 0 Å². The molecular formula is C8H12N2O2S. The van der Waals surface area contributed by atoms with Gasteiger partial charge < -0.3 is 10.4 Å². The predicted molar refractivity (Wildman–Crippen MR) is 51.0 cm³/mol. The molecule has 0 bridgehead atoms. The number of aromatic nitrogens is 1. The van der Waals surface area contributed by atoms with Crippen molar-refractivity contribution < 1.29 is 9.90 Å². The van der Waals surface area contributed by atoms with Gasteiger partial charge in [0, 0.05) is 12.6 Å². The molecule has 0 atom stereocenters. The van der Waals surface area contributed by atoms with Crippen LogP contribution in [0.2, 0.25) is 0 Å². The van der Waals surface area contributed by atoms with E-state index in [2.05, 4.69) is 10.3 Å². The van der Waals surface area contributed by atoms with Gasteiger partial charge in [0.15, 0.2) is 0 Å². The molecule has 13 heavy (non-hydrogen) atoms. The number of hydrogen-bond donors (Lipinski definition) is 2. The number of hydrogen-bond acceptors (Lipinski definition) is 4. The van der Waals surface area contributed by atoms with Gasteiger partial charge in [0.2, 0.25) is 0 Å². The van der Waals surface area contributed by atoms with Gasteiger partial charge in [-0.2, -0.15) is 0 Å². The molecule has 1 heterocycles. The van der Waals surface area contributed by atoms with Crippen molar-refractivity contribution in [1.82, 2.24) is 10.3 Å². The SMILES string of the molecule is CC(C)NCc1ncsc1C(=O)O. The van der Waals surface area contributed by atoms with Crippen LogP contribution in [-0.2, 0) is 6.54 Å². The van der Waals surface area contributed by atoms with Gasteiger partial charge in [0.25, 0.3) is 0 Å². The van der Waals surface area contributed by atoms with E-state index in [1.807, 2.05) is 13.8 Å². The van der Waals surface area contributed by atoms with Crippen LogP contribution >= 0.6 is 11.3 Å². The predicted octanol–water partition coefficient (Wildman–Crippen LogP) is 1.34. The maximum Gasteiger partial charge on any atom is 0.347 e. The van der Waals surface area contributed by atoms with Crippen molar-refractivity contribution in [2.45, 2.75) is 26.4 Å². The molecule has 1 rings (SSSR count). The average Bonchev–Trinajstić information content (AvgIpc) is 2.47. The first-order chi connectivity index (χ1) is 6.11. The minimum Gasteiger partial charge on any atom is -0.477 e. The van der Waals surface area contributed by atoms with Crippen molar-refractivity contribution in [2.75, 3.05) is 0 Å². The third kappa shape index (κ3) is 2.78. The molecule has 1 aromatic rings. The third-order valence-corrected chi connectivity index (χ3v) is 2.37.